The molecule has 0 aliphatic heterocycles. The molecule has 3 heterocycles. The fourth-order valence-corrected chi connectivity index (χ4v) is 8.50. The maximum absolute atomic E-state index is 5.19. The minimum absolute atomic E-state index is 0.691. The van der Waals surface area contributed by atoms with Crippen molar-refractivity contribution in [3.8, 4) is 78.9 Å². The van der Waals surface area contributed by atoms with E-state index in [0.717, 1.165) is 72.0 Å². The van der Waals surface area contributed by atoms with Gasteiger partial charge in [0.25, 0.3) is 0 Å². The highest BCUT2D eigenvalue weighted by atomic mass is 32.1. The molecule has 10 aromatic rings. The Bertz CT molecular complexity index is 2850. The van der Waals surface area contributed by atoms with E-state index in [0.29, 0.717) is 11.6 Å². The van der Waals surface area contributed by atoms with E-state index in [1.807, 2.05) is 48.5 Å². The molecule has 0 N–H and O–H groups in total. The molecule has 0 unspecified atom stereocenters. The number of fused-ring (bicyclic) bond motifs is 3. The zero-order valence-electron chi connectivity index (χ0n) is 29.7. The molecular weight excluding hydrogens is 689 g/mol. The van der Waals surface area contributed by atoms with E-state index in [1.54, 1.807) is 11.3 Å². The van der Waals surface area contributed by atoms with Crippen LogP contribution in [0.25, 0.3) is 99.1 Å². The Balaban J connectivity index is 1.12. The molecule has 0 radical (unpaired) electrons. The molecule has 0 saturated heterocycles. The maximum atomic E-state index is 5.19. The second kappa shape index (κ2) is 14.0. The largest absolute Gasteiger partial charge is 0.228 e. The first-order valence-corrected chi connectivity index (χ1v) is 19.1. The molecule has 7 aromatic carbocycles. The first-order chi connectivity index (χ1) is 27.2. The van der Waals surface area contributed by atoms with Gasteiger partial charge in [-0.3, -0.25) is 0 Å². The summed E-state index contributed by atoms with van der Waals surface area (Å²) in [5.74, 6) is 1.40. The van der Waals surface area contributed by atoms with Crippen LogP contribution in [0, 0.1) is 0 Å². The zero-order valence-corrected chi connectivity index (χ0v) is 30.5. The van der Waals surface area contributed by atoms with Gasteiger partial charge in [0.2, 0.25) is 0 Å². The van der Waals surface area contributed by atoms with Crippen LogP contribution >= 0.6 is 11.3 Å². The van der Waals surface area contributed by atoms with Gasteiger partial charge in [0.1, 0.15) is 0 Å². The van der Waals surface area contributed by atoms with Crippen LogP contribution in [-0.2, 0) is 0 Å². The first-order valence-electron chi connectivity index (χ1n) is 18.3. The summed E-state index contributed by atoms with van der Waals surface area (Å²) in [5.41, 5.74) is 12.1. The normalized spacial score (nSPS) is 11.3. The number of rotatable bonds is 7. The van der Waals surface area contributed by atoms with Gasteiger partial charge < -0.3 is 0 Å². The van der Waals surface area contributed by atoms with E-state index in [2.05, 4.69) is 146 Å². The van der Waals surface area contributed by atoms with Gasteiger partial charge in [0, 0.05) is 53.6 Å². The predicted molar refractivity (Wildman–Crippen MR) is 229 cm³/mol. The van der Waals surface area contributed by atoms with Gasteiger partial charge in [-0.05, 0) is 41.5 Å². The Hall–Kier alpha value is -7.08. The third-order valence-electron chi connectivity index (χ3n) is 9.93. The summed E-state index contributed by atoms with van der Waals surface area (Å²) in [6, 6.07) is 67.2. The van der Waals surface area contributed by atoms with E-state index in [9.17, 15) is 0 Å². The van der Waals surface area contributed by atoms with Crippen molar-refractivity contribution in [2.24, 2.45) is 0 Å². The lowest BCUT2D eigenvalue weighted by Gasteiger charge is -2.11. The summed E-state index contributed by atoms with van der Waals surface area (Å²) in [5, 5.41) is 2.40. The molecule has 258 valence electrons. The van der Waals surface area contributed by atoms with Crippen molar-refractivity contribution in [1.29, 1.82) is 0 Å². The lowest BCUT2D eigenvalue weighted by Crippen LogP contribution is -1.96. The molecule has 0 bridgehead atoms. The lowest BCUT2D eigenvalue weighted by molar-refractivity contribution is 1.18. The summed E-state index contributed by atoms with van der Waals surface area (Å²) >= 11 is 1.79. The third-order valence-corrected chi connectivity index (χ3v) is 11.1. The van der Waals surface area contributed by atoms with Crippen LogP contribution in [-0.4, -0.2) is 19.9 Å². The Morgan fingerprint density at radius 2 is 0.727 bits per heavy atom. The number of hydrogen-bond acceptors (Lipinski definition) is 5. The van der Waals surface area contributed by atoms with E-state index in [4.69, 9.17) is 19.9 Å². The van der Waals surface area contributed by atoms with Crippen molar-refractivity contribution in [2.75, 3.05) is 0 Å². The Morgan fingerprint density at radius 3 is 1.25 bits per heavy atom. The van der Waals surface area contributed by atoms with Crippen LogP contribution in [0.3, 0.4) is 0 Å². The SMILES string of the molecule is c1ccc(-c2cc(-c3ccccc3)nc(-c3cccc(-c4cccc5sc6c(-c7nc(-c8ccccc8)cc(-c8ccccc8)n7)cccc6c45)c3)n2)cc1. The van der Waals surface area contributed by atoms with Crippen molar-refractivity contribution in [1.82, 2.24) is 19.9 Å². The van der Waals surface area contributed by atoms with E-state index in [-0.39, 0.29) is 0 Å². The molecule has 0 aliphatic rings. The number of hydrogen-bond donors (Lipinski definition) is 0. The molecule has 0 aliphatic carbocycles. The molecule has 10 rings (SSSR count). The lowest BCUT2D eigenvalue weighted by atomic mass is 9.97. The second-order valence-corrected chi connectivity index (χ2v) is 14.5. The minimum atomic E-state index is 0.691. The molecule has 55 heavy (non-hydrogen) atoms. The van der Waals surface area contributed by atoms with Crippen LogP contribution in [0.1, 0.15) is 0 Å². The monoisotopic (exact) mass is 720 g/mol. The molecule has 0 fully saturated rings. The van der Waals surface area contributed by atoms with Crippen LogP contribution in [0.5, 0.6) is 0 Å². The van der Waals surface area contributed by atoms with Crippen molar-refractivity contribution >= 4 is 31.5 Å². The fraction of sp³-hybridized carbons (Fsp3) is 0. The topological polar surface area (TPSA) is 51.6 Å². The summed E-state index contributed by atoms with van der Waals surface area (Å²) in [6.07, 6.45) is 0. The maximum Gasteiger partial charge on any atom is 0.161 e. The number of aromatic nitrogens is 4. The minimum Gasteiger partial charge on any atom is -0.228 e. The van der Waals surface area contributed by atoms with E-state index >= 15 is 0 Å². The smallest absolute Gasteiger partial charge is 0.161 e. The number of nitrogens with zero attached hydrogens (tertiary/aromatic N) is 4. The Kier molecular flexibility index (Phi) is 8.32. The molecule has 0 saturated carbocycles. The van der Waals surface area contributed by atoms with Gasteiger partial charge in [0.15, 0.2) is 11.6 Å². The highest BCUT2D eigenvalue weighted by Gasteiger charge is 2.18. The highest BCUT2D eigenvalue weighted by Crippen LogP contribution is 2.44. The molecule has 4 nitrogen and oxygen atoms in total. The number of benzene rings is 7. The van der Waals surface area contributed by atoms with Crippen LogP contribution in [0.4, 0.5) is 0 Å². The average molecular weight is 721 g/mol. The van der Waals surface area contributed by atoms with Crippen molar-refractivity contribution in [3.63, 3.8) is 0 Å². The molecule has 0 spiro atoms. The molecule has 0 amide bonds. The van der Waals surface area contributed by atoms with Gasteiger partial charge in [-0.2, -0.15) is 0 Å². The Morgan fingerprint density at radius 1 is 0.309 bits per heavy atom. The quantitative estimate of drug-likeness (QED) is 0.164. The number of thiophene rings is 1. The average Bonchev–Trinajstić information content (AvgIpc) is 3.67. The van der Waals surface area contributed by atoms with Crippen molar-refractivity contribution < 1.29 is 0 Å². The summed E-state index contributed by atoms with van der Waals surface area (Å²) < 4.78 is 2.37. The highest BCUT2D eigenvalue weighted by molar-refractivity contribution is 7.26. The predicted octanol–water partition coefficient (Wildman–Crippen LogP) is 13.3. The zero-order chi connectivity index (χ0) is 36.6. The van der Waals surface area contributed by atoms with Crippen molar-refractivity contribution in [3.05, 3.63) is 194 Å². The standard InChI is InChI=1S/C50H32N4S/c1-5-16-33(17-6-1)42-31-43(34-18-7-2-8-19-34)52-49(51-42)38-25-13-24-37(30-38)39-26-15-29-46-47(39)40-27-14-28-41(48(40)55-46)50-53-44(35-20-9-3-10-21-35)32-45(54-50)36-22-11-4-12-23-36/h1-32H. The van der Waals surface area contributed by atoms with Crippen LogP contribution in [0.15, 0.2) is 194 Å². The van der Waals surface area contributed by atoms with E-state index in [1.165, 1.54) is 15.5 Å². The summed E-state index contributed by atoms with van der Waals surface area (Å²) in [6.45, 7) is 0. The molecule has 0 atom stereocenters. The van der Waals surface area contributed by atoms with Gasteiger partial charge in [-0.25, -0.2) is 19.9 Å². The third kappa shape index (κ3) is 6.27. The van der Waals surface area contributed by atoms with Crippen LogP contribution in [0.2, 0.25) is 0 Å². The molecule has 3 aromatic heterocycles. The summed E-state index contributed by atoms with van der Waals surface area (Å²) in [7, 11) is 0. The Labute approximate surface area is 323 Å². The second-order valence-electron chi connectivity index (χ2n) is 13.4. The first kappa shape index (κ1) is 32.6. The fourth-order valence-electron chi connectivity index (χ4n) is 7.26. The van der Waals surface area contributed by atoms with Crippen molar-refractivity contribution in [2.45, 2.75) is 0 Å². The van der Waals surface area contributed by atoms with Gasteiger partial charge in [-0.15, -0.1) is 11.3 Å². The van der Waals surface area contributed by atoms with Gasteiger partial charge in [0.05, 0.1) is 22.8 Å². The van der Waals surface area contributed by atoms with E-state index < -0.39 is 0 Å². The van der Waals surface area contributed by atoms with Gasteiger partial charge in [-0.1, -0.05) is 164 Å². The molecule has 5 heteroatoms. The molecular formula is C50H32N4S. The van der Waals surface area contributed by atoms with Gasteiger partial charge >= 0.3 is 0 Å². The van der Waals surface area contributed by atoms with Crippen LogP contribution < -0.4 is 0 Å². The summed E-state index contributed by atoms with van der Waals surface area (Å²) in [4.78, 5) is 20.6.